The van der Waals surface area contributed by atoms with Crippen LogP contribution in [0.3, 0.4) is 0 Å². The highest BCUT2D eigenvalue weighted by molar-refractivity contribution is 5.82. The molecular weight excluding hydrogens is 250 g/mol. The highest BCUT2D eigenvalue weighted by Crippen LogP contribution is 2.11. The summed E-state index contributed by atoms with van der Waals surface area (Å²) in [5, 5.41) is 14.1. The second-order valence-electron chi connectivity index (χ2n) is 3.79. The van der Waals surface area contributed by atoms with Gasteiger partial charge in [0.25, 0.3) is 0 Å². The van der Waals surface area contributed by atoms with Gasteiger partial charge < -0.3 is 20.5 Å². The second-order valence-corrected chi connectivity index (χ2v) is 3.79. The highest BCUT2D eigenvalue weighted by Gasteiger charge is 2.17. The normalized spacial score (nSPS) is 11.5. The van der Waals surface area contributed by atoms with Crippen molar-refractivity contribution in [3.8, 4) is 5.88 Å². The van der Waals surface area contributed by atoms with Crippen LogP contribution in [0.4, 0.5) is 5.69 Å². The van der Waals surface area contributed by atoms with Crippen molar-refractivity contribution in [1.29, 1.82) is 0 Å². The molecule has 0 aliphatic rings. The molecule has 1 unspecified atom stereocenters. The quantitative estimate of drug-likeness (QED) is 0.664. The molecule has 0 aliphatic heterocycles. The fourth-order valence-electron chi connectivity index (χ4n) is 1.38. The Balaban J connectivity index is 2.54. The van der Waals surface area contributed by atoms with Crippen LogP contribution < -0.4 is 15.4 Å². The molecule has 1 atom stereocenters. The number of amides is 1. The summed E-state index contributed by atoms with van der Waals surface area (Å²) in [6.45, 7) is 3.74. The Morgan fingerprint density at radius 3 is 2.68 bits per heavy atom. The first kappa shape index (κ1) is 14.7. The number of hydrogen-bond donors (Lipinski definition) is 3. The van der Waals surface area contributed by atoms with E-state index >= 15 is 0 Å². The third-order valence-corrected chi connectivity index (χ3v) is 2.21. The van der Waals surface area contributed by atoms with Crippen molar-refractivity contribution in [3.63, 3.8) is 0 Å². The minimum absolute atomic E-state index is 0.0740. The molecule has 0 saturated carbocycles. The van der Waals surface area contributed by atoms with Gasteiger partial charge in [0, 0.05) is 19.5 Å². The number of nitrogens with one attached hydrogen (secondary N) is 2. The number of hydrogen-bond acceptors (Lipinski definition) is 5. The highest BCUT2D eigenvalue weighted by atomic mass is 16.5. The first-order chi connectivity index (χ1) is 9.02. The van der Waals surface area contributed by atoms with Crippen LogP contribution in [0.2, 0.25) is 0 Å². The first-order valence-corrected chi connectivity index (χ1v) is 5.85. The fourth-order valence-corrected chi connectivity index (χ4v) is 1.38. The van der Waals surface area contributed by atoms with Crippen LogP contribution in [0.5, 0.6) is 5.88 Å². The van der Waals surface area contributed by atoms with Gasteiger partial charge in [-0.1, -0.05) is 0 Å². The molecule has 19 heavy (non-hydrogen) atoms. The van der Waals surface area contributed by atoms with Gasteiger partial charge in [-0.05, 0) is 13.0 Å². The molecule has 1 rings (SSSR count). The van der Waals surface area contributed by atoms with Gasteiger partial charge in [-0.15, -0.1) is 0 Å². The van der Waals surface area contributed by atoms with Gasteiger partial charge in [0.15, 0.2) is 0 Å². The third kappa shape index (κ3) is 5.24. The van der Waals surface area contributed by atoms with Crippen LogP contribution in [0.15, 0.2) is 18.3 Å². The Labute approximate surface area is 111 Å². The predicted molar refractivity (Wildman–Crippen MR) is 69.1 cm³/mol. The topological polar surface area (TPSA) is 101 Å². The lowest BCUT2D eigenvalue weighted by Gasteiger charge is -2.14. The molecule has 0 aromatic carbocycles. The molecule has 7 heteroatoms. The largest absolute Gasteiger partial charge is 0.480 e. The number of pyridine rings is 1. The maximum atomic E-state index is 10.9. The molecule has 3 N–H and O–H groups in total. The summed E-state index contributed by atoms with van der Waals surface area (Å²) in [5.41, 5.74) is 0.653. The van der Waals surface area contributed by atoms with Crippen molar-refractivity contribution in [2.24, 2.45) is 0 Å². The van der Waals surface area contributed by atoms with Crippen LogP contribution >= 0.6 is 0 Å². The number of rotatable bonds is 7. The molecule has 1 aromatic rings. The van der Waals surface area contributed by atoms with E-state index in [9.17, 15) is 9.59 Å². The average Bonchev–Trinajstić information content (AvgIpc) is 2.36. The van der Waals surface area contributed by atoms with Gasteiger partial charge in [-0.3, -0.25) is 4.79 Å². The summed E-state index contributed by atoms with van der Waals surface area (Å²) in [6, 6.07) is 2.43. The van der Waals surface area contributed by atoms with Crippen molar-refractivity contribution in [3.05, 3.63) is 18.3 Å². The summed E-state index contributed by atoms with van der Waals surface area (Å²) in [4.78, 5) is 25.8. The fraction of sp³-hybridized carbons (Fsp3) is 0.417. The lowest BCUT2D eigenvalue weighted by atomic mass is 10.3. The Bertz CT molecular complexity index is 433. The number of carbonyl (C=O) groups is 2. The molecule has 104 valence electrons. The van der Waals surface area contributed by atoms with Crippen LogP contribution in [0.25, 0.3) is 0 Å². The monoisotopic (exact) mass is 267 g/mol. The van der Waals surface area contributed by atoms with Gasteiger partial charge in [-0.2, -0.15) is 0 Å². The van der Waals surface area contributed by atoms with Crippen LogP contribution in [0.1, 0.15) is 13.8 Å². The number of nitrogens with zero attached hydrogens (tertiary/aromatic N) is 1. The molecule has 7 nitrogen and oxygen atoms in total. The molecule has 0 bridgehead atoms. The van der Waals surface area contributed by atoms with E-state index in [0.29, 0.717) is 18.2 Å². The van der Waals surface area contributed by atoms with Crippen molar-refractivity contribution < 1.29 is 19.4 Å². The molecule has 0 aliphatic carbocycles. The van der Waals surface area contributed by atoms with Crippen LogP contribution in [0, 0.1) is 0 Å². The maximum absolute atomic E-state index is 10.9. The van der Waals surface area contributed by atoms with Crippen molar-refractivity contribution in [1.82, 2.24) is 10.3 Å². The number of carboxylic acid groups (broad SMARTS) is 1. The van der Waals surface area contributed by atoms with E-state index in [0.717, 1.165) is 0 Å². The zero-order valence-electron chi connectivity index (χ0n) is 10.8. The van der Waals surface area contributed by atoms with E-state index < -0.39 is 12.0 Å². The average molecular weight is 267 g/mol. The Hall–Kier alpha value is -2.31. The van der Waals surface area contributed by atoms with Crippen LogP contribution in [-0.4, -0.2) is 41.2 Å². The maximum Gasteiger partial charge on any atom is 0.328 e. The van der Waals surface area contributed by atoms with E-state index in [1.165, 1.54) is 13.1 Å². The lowest BCUT2D eigenvalue weighted by molar-refractivity contribution is -0.141. The smallest absolute Gasteiger partial charge is 0.328 e. The molecule has 0 radical (unpaired) electrons. The van der Waals surface area contributed by atoms with E-state index in [1.807, 2.05) is 6.92 Å². The van der Waals surface area contributed by atoms with E-state index in [-0.39, 0.29) is 12.5 Å². The Morgan fingerprint density at radius 1 is 1.47 bits per heavy atom. The zero-order valence-corrected chi connectivity index (χ0v) is 10.8. The number of ether oxygens (including phenoxy) is 1. The first-order valence-electron chi connectivity index (χ1n) is 5.85. The number of aliphatic carboxylic acids is 1. The van der Waals surface area contributed by atoms with Crippen molar-refractivity contribution >= 4 is 17.6 Å². The minimum atomic E-state index is -1.10. The molecule has 0 saturated heterocycles. The van der Waals surface area contributed by atoms with Gasteiger partial charge in [-0.25, -0.2) is 9.78 Å². The summed E-state index contributed by atoms with van der Waals surface area (Å²) in [6.07, 6.45) is 1.54. The predicted octanol–water partition coefficient (Wildman–Crippen LogP) is 0.481. The van der Waals surface area contributed by atoms with Gasteiger partial charge in [0.2, 0.25) is 11.8 Å². The number of anilines is 1. The number of carboxylic acids is 1. The summed E-state index contributed by atoms with van der Waals surface area (Å²) < 4.78 is 5.19. The number of aromatic nitrogens is 1. The van der Waals surface area contributed by atoms with Gasteiger partial charge in [0.1, 0.15) is 6.04 Å². The summed E-state index contributed by atoms with van der Waals surface area (Å²) >= 11 is 0. The minimum Gasteiger partial charge on any atom is -0.480 e. The summed E-state index contributed by atoms with van der Waals surface area (Å²) in [7, 11) is 0. The molecule has 0 fully saturated rings. The van der Waals surface area contributed by atoms with E-state index in [4.69, 9.17) is 9.84 Å². The Morgan fingerprint density at radius 2 is 2.21 bits per heavy atom. The molecule has 0 spiro atoms. The molecule has 1 heterocycles. The number of carbonyl (C=O) groups excluding carboxylic acids is 1. The summed E-state index contributed by atoms with van der Waals surface area (Å²) in [5.74, 6) is -0.981. The molecular formula is C12H17N3O4. The van der Waals surface area contributed by atoms with E-state index in [2.05, 4.69) is 15.6 Å². The standard InChI is InChI=1S/C12H17N3O4/c1-3-19-11-5-4-9(6-14-11)13-7-10(12(17)18)15-8(2)16/h4-6,10,13H,3,7H2,1-2H3,(H,15,16)(H,17,18). The second kappa shape index (κ2) is 7.20. The van der Waals surface area contributed by atoms with Gasteiger partial charge >= 0.3 is 5.97 Å². The van der Waals surface area contributed by atoms with Crippen molar-refractivity contribution in [2.45, 2.75) is 19.9 Å². The third-order valence-electron chi connectivity index (χ3n) is 2.21. The van der Waals surface area contributed by atoms with E-state index in [1.54, 1.807) is 12.1 Å². The molecule has 1 amide bonds. The van der Waals surface area contributed by atoms with Crippen LogP contribution in [-0.2, 0) is 9.59 Å². The lowest BCUT2D eigenvalue weighted by Crippen LogP contribution is -2.44. The SMILES string of the molecule is CCOc1ccc(NCC(NC(C)=O)C(=O)O)cn1. The zero-order chi connectivity index (χ0) is 14.3. The van der Waals surface area contributed by atoms with Gasteiger partial charge in [0.05, 0.1) is 18.5 Å². The molecule has 1 aromatic heterocycles. The Kier molecular flexibility index (Phi) is 5.59. The van der Waals surface area contributed by atoms with Crippen molar-refractivity contribution in [2.75, 3.05) is 18.5 Å².